The molecule has 1 aromatic rings. The fourth-order valence-corrected chi connectivity index (χ4v) is 1.51. The summed E-state index contributed by atoms with van der Waals surface area (Å²) in [5.74, 6) is -0.966. The third kappa shape index (κ3) is 2.18. The monoisotopic (exact) mass is 220 g/mol. The van der Waals surface area contributed by atoms with Crippen LogP contribution in [0.3, 0.4) is 0 Å². The number of aromatic carboxylic acids is 1. The van der Waals surface area contributed by atoms with Gasteiger partial charge in [0.05, 0.1) is 11.9 Å². The van der Waals surface area contributed by atoms with E-state index in [2.05, 4.69) is 10.3 Å². The minimum absolute atomic E-state index is 0.00359. The molecular weight excluding hydrogens is 208 g/mol. The van der Waals surface area contributed by atoms with Crippen LogP contribution in [0.2, 0.25) is 0 Å². The van der Waals surface area contributed by atoms with Gasteiger partial charge in [-0.3, -0.25) is 4.79 Å². The lowest BCUT2D eigenvalue weighted by Gasteiger charge is -2.23. The van der Waals surface area contributed by atoms with Crippen LogP contribution in [0.1, 0.15) is 29.8 Å². The van der Waals surface area contributed by atoms with Crippen molar-refractivity contribution in [3.05, 3.63) is 24.0 Å². The highest BCUT2D eigenvalue weighted by molar-refractivity contribution is 5.93. The number of hydrogen-bond donors (Lipinski definition) is 2. The molecule has 0 aromatic carbocycles. The Morgan fingerprint density at radius 1 is 1.38 bits per heavy atom. The van der Waals surface area contributed by atoms with Crippen molar-refractivity contribution in [2.45, 2.75) is 19.3 Å². The number of hydrogen-bond acceptors (Lipinski definition) is 3. The molecule has 1 aliphatic carbocycles. The summed E-state index contributed by atoms with van der Waals surface area (Å²) in [4.78, 5) is 25.8. The lowest BCUT2D eigenvalue weighted by Crippen LogP contribution is -2.28. The molecule has 2 rings (SSSR count). The van der Waals surface area contributed by atoms with Gasteiger partial charge < -0.3 is 10.4 Å². The topological polar surface area (TPSA) is 79.3 Å². The fraction of sp³-hybridized carbons (Fsp3) is 0.364. The first-order chi connectivity index (χ1) is 7.66. The average Bonchev–Trinajstić information content (AvgIpc) is 2.15. The van der Waals surface area contributed by atoms with Gasteiger partial charge >= 0.3 is 5.97 Å². The molecule has 1 heterocycles. The first-order valence-electron chi connectivity index (χ1n) is 5.17. The molecule has 0 atom stereocenters. The third-order valence-corrected chi connectivity index (χ3v) is 2.73. The van der Waals surface area contributed by atoms with Crippen molar-refractivity contribution < 1.29 is 14.7 Å². The predicted molar refractivity (Wildman–Crippen MR) is 57.2 cm³/mol. The number of carbonyl (C=O) groups is 2. The maximum Gasteiger partial charge on any atom is 0.354 e. The first-order valence-corrected chi connectivity index (χ1v) is 5.17. The van der Waals surface area contributed by atoms with Crippen molar-refractivity contribution in [3.63, 3.8) is 0 Å². The molecule has 0 spiro atoms. The molecule has 0 bridgehead atoms. The van der Waals surface area contributed by atoms with Crippen molar-refractivity contribution in [3.8, 4) is 0 Å². The number of rotatable bonds is 3. The Labute approximate surface area is 92.5 Å². The molecule has 5 nitrogen and oxygen atoms in total. The van der Waals surface area contributed by atoms with Crippen LogP contribution in [0, 0.1) is 5.92 Å². The van der Waals surface area contributed by atoms with Gasteiger partial charge in [-0.2, -0.15) is 0 Å². The van der Waals surface area contributed by atoms with Gasteiger partial charge in [-0.25, -0.2) is 9.78 Å². The van der Waals surface area contributed by atoms with Gasteiger partial charge in [0.15, 0.2) is 0 Å². The number of amides is 1. The van der Waals surface area contributed by atoms with Crippen LogP contribution in [0.5, 0.6) is 0 Å². The number of carboxylic acid groups (broad SMARTS) is 1. The second kappa shape index (κ2) is 4.30. The van der Waals surface area contributed by atoms with Crippen LogP contribution < -0.4 is 5.32 Å². The van der Waals surface area contributed by atoms with Gasteiger partial charge in [-0.05, 0) is 25.0 Å². The van der Waals surface area contributed by atoms with Gasteiger partial charge in [-0.15, -0.1) is 0 Å². The van der Waals surface area contributed by atoms with Crippen LogP contribution >= 0.6 is 0 Å². The Morgan fingerprint density at radius 2 is 2.12 bits per heavy atom. The summed E-state index contributed by atoms with van der Waals surface area (Å²) < 4.78 is 0. The Morgan fingerprint density at radius 3 is 2.56 bits per heavy atom. The number of pyridine rings is 1. The number of anilines is 1. The van der Waals surface area contributed by atoms with E-state index >= 15 is 0 Å². The summed E-state index contributed by atoms with van der Waals surface area (Å²) in [6, 6.07) is 2.92. The Kier molecular flexibility index (Phi) is 2.85. The summed E-state index contributed by atoms with van der Waals surface area (Å²) in [5, 5.41) is 11.4. The Hall–Kier alpha value is -1.91. The molecular formula is C11H12N2O3. The van der Waals surface area contributed by atoms with Crippen LogP contribution in [-0.4, -0.2) is 22.0 Å². The average molecular weight is 220 g/mol. The van der Waals surface area contributed by atoms with E-state index in [1.165, 1.54) is 12.3 Å². The van der Waals surface area contributed by atoms with Crippen LogP contribution in [0.15, 0.2) is 18.3 Å². The lowest BCUT2D eigenvalue weighted by molar-refractivity contribution is -0.122. The molecule has 84 valence electrons. The Balaban J connectivity index is 1.99. The van der Waals surface area contributed by atoms with E-state index in [1.807, 2.05) is 0 Å². The van der Waals surface area contributed by atoms with E-state index in [-0.39, 0.29) is 17.5 Å². The zero-order valence-electron chi connectivity index (χ0n) is 8.64. The molecule has 1 aromatic heterocycles. The lowest BCUT2D eigenvalue weighted by atomic mass is 9.85. The zero-order valence-corrected chi connectivity index (χ0v) is 8.64. The van der Waals surface area contributed by atoms with Gasteiger partial charge in [-0.1, -0.05) is 6.42 Å². The van der Waals surface area contributed by atoms with Crippen LogP contribution in [0.25, 0.3) is 0 Å². The minimum Gasteiger partial charge on any atom is -0.477 e. The summed E-state index contributed by atoms with van der Waals surface area (Å²) in [6.45, 7) is 0. The minimum atomic E-state index is -1.07. The SMILES string of the molecule is O=C(O)c1ccc(NC(=O)C2CCC2)cn1. The molecule has 16 heavy (non-hydrogen) atoms. The smallest absolute Gasteiger partial charge is 0.354 e. The number of aromatic nitrogens is 1. The van der Waals surface area contributed by atoms with E-state index < -0.39 is 5.97 Å². The largest absolute Gasteiger partial charge is 0.477 e. The molecule has 1 fully saturated rings. The number of nitrogens with zero attached hydrogens (tertiary/aromatic N) is 1. The van der Waals surface area contributed by atoms with E-state index in [0.717, 1.165) is 19.3 Å². The van der Waals surface area contributed by atoms with Crippen molar-refractivity contribution in [1.82, 2.24) is 4.98 Å². The maximum absolute atomic E-state index is 11.6. The molecule has 1 saturated carbocycles. The molecule has 1 amide bonds. The molecule has 0 radical (unpaired) electrons. The second-order valence-corrected chi connectivity index (χ2v) is 3.85. The van der Waals surface area contributed by atoms with Crippen molar-refractivity contribution in [1.29, 1.82) is 0 Å². The highest BCUT2D eigenvalue weighted by Gasteiger charge is 2.25. The van der Waals surface area contributed by atoms with E-state index in [9.17, 15) is 9.59 Å². The maximum atomic E-state index is 11.6. The van der Waals surface area contributed by atoms with Crippen molar-refractivity contribution in [2.24, 2.45) is 5.92 Å². The summed E-state index contributed by atoms with van der Waals surface area (Å²) >= 11 is 0. The molecule has 0 aliphatic heterocycles. The summed E-state index contributed by atoms with van der Waals surface area (Å²) in [7, 11) is 0. The van der Waals surface area contributed by atoms with Crippen molar-refractivity contribution in [2.75, 3.05) is 5.32 Å². The van der Waals surface area contributed by atoms with Gasteiger partial charge in [0.25, 0.3) is 0 Å². The van der Waals surface area contributed by atoms with Crippen LogP contribution in [-0.2, 0) is 4.79 Å². The summed E-state index contributed by atoms with van der Waals surface area (Å²) in [6.07, 6.45) is 4.34. The first kappa shape index (κ1) is 10.6. The molecule has 0 unspecified atom stereocenters. The molecule has 1 aliphatic rings. The van der Waals surface area contributed by atoms with Gasteiger partial charge in [0, 0.05) is 5.92 Å². The van der Waals surface area contributed by atoms with Crippen LogP contribution in [0.4, 0.5) is 5.69 Å². The standard InChI is InChI=1S/C11H12N2O3/c14-10(7-2-1-3-7)13-8-4-5-9(11(15)16)12-6-8/h4-7H,1-3H2,(H,13,14)(H,15,16). The van der Waals surface area contributed by atoms with Crippen molar-refractivity contribution >= 4 is 17.6 Å². The van der Waals surface area contributed by atoms with Gasteiger partial charge in [0.1, 0.15) is 5.69 Å². The quantitative estimate of drug-likeness (QED) is 0.809. The van der Waals surface area contributed by atoms with E-state index in [0.29, 0.717) is 5.69 Å². The predicted octanol–water partition coefficient (Wildman–Crippen LogP) is 1.52. The second-order valence-electron chi connectivity index (χ2n) is 3.85. The van der Waals surface area contributed by atoms with Gasteiger partial charge in [0.2, 0.25) is 5.91 Å². The van der Waals surface area contributed by atoms with E-state index in [4.69, 9.17) is 5.11 Å². The normalized spacial score (nSPS) is 15.2. The molecule has 0 saturated heterocycles. The highest BCUT2D eigenvalue weighted by atomic mass is 16.4. The molecule has 5 heteroatoms. The molecule has 2 N–H and O–H groups in total. The highest BCUT2D eigenvalue weighted by Crippen LogP contribution is 2.27. The number of nitrogens with one attached hydrogen (secondary N) is 1. The van der Waals surface area contributed by atoms with E-state index in [1.54, 1.807) is 6.07 Å². The third-order valence-electron chi connectivity index (χ3n) is 2.73. The zero-order chi connectivity index (χ0) is 11.5. The summed E-state index contributed by atoms with van der Waals surface area (Å²) in [5.41, 5.74) is 0.517. The fourth-order valence-electron chi connectivity index (χ4n) is 1.51. The number of carbonyl (C=O) groups excluding carboxylic acids is 1. The Bertz CT molecular complexity index is 410. The number of carboxylic acids is 1.